The summed E-state index contributed by atoms with van der Waals surface area (Å²) in [5.41, 5.74) is 4.13. The van der Waals surface area contributed by atoms with Gasteiger partial charge in [-0.2, -0.15) is 0 Å². The Bertz CT molecular complexity index is 1070. The Morgan fingerprint density at radius 1 is 1.10 bits per heavy atom. The molecule has 1 amide bonds. The summed E-state index contributed by atoms with van der Waals surface area (Å²) in [7, 11) is 0. The van der Waals surface area contributed by atoms with Crippen LogP contribution in [0.1, 0.15) is 38.8 Å². The number of para-hydroxylation sites is 2. The predicted octanol–water partition coefficient (Wildman–Crippen LogP) is 4.84. The Hall–Kier alpha value is -3.02. The van der Waals surface area contributed by atoms with Gasteiger partial charge < -0.3 is 19.1 Å². The fourth-order valence-electron chi connectivity index (χ4n) is 4.06. The summed E-state index contributed by atoms with van der Waals surface area (Å²) in [6, 6.07) is 17.1. The number of aryl methyl sites for hydroxylation is 1. The van der Waals surface area contributed by atoms with Crippen LogP contribution in [0.2, 0.25) is 0 Å². The van der Waals surface area contributed by atoms with Gasteiger partial charge in [0.15, 0.2) is 0 Å². The third-order valence-corrected chi connectivity index (χ3v) is 5.63. The molecule has 2 aromatic carbocycles. The van der Waals surface area contributed by atoms with Gasteiger partial charge in [0.1, 0.15) is 5.60 Å². The van der Waals surface area contributed by atoms with Crippen LogP contribution in [0.4, 0.5) is 10.7 Å². The molecule has 1 unspecified atom stereocenters. The SMILES string of the molecule is Cc1ccc(Cn2c(N3CCN(C(=O)OC(C)(C)C)CC3C)nc3ccccc32)cc1. The van der Waals surface area contributed by atoms with E-state index in [2.05, 4.69) is 65.8 Å². The molecule has 164 valence electrons. The molecule has 1 saturated heterocycles. The van der Waals surface area contributed by atoms with Crippen molar-refractivity contribution in [3.63, 3.8) is 0 Å². The molecule has 6 heteroatoms. The molecular weight excluding hydrogens is 388 g/mol. The van der Waals surface area contributed by atoms with Gasteiger partial charge in [-0.15, -0.1) is 0 Å². The van der Waals surface area contributed by atoms with E-state index in [0.29, 0.717) is 13.1 Å². The van der Waals surface area contributed by atoms with E-state index in [1.807, 2.05) is 26.8 Å². The van der Waals surface area contributed by atoms with Gasteiger partial charge in [-0.1, -0.05) is 42.0 Å². The van der Waals surface area contributed by atoms with Crippen LogP contribution in [0.5, 0.6) is 0 Å². The second-order valence-electron chi connectivity index (χ2n) is 9.44. The van der Waals surface area contributed by atoms with E-state index in [0.717, 1.165) is 30.1 Å². The second-order valence-corrected chi connectivity index (χ2v) is 9.44. The van der Waals surface area contributed by atoms with Crippen LogP contribution in [-0.2, 0) is 11.3 Å². The number of carbonyl (C=O) groups excluding carboxylic acids is 1. The van der Waals surface area contributed by atoms with Gasteiger partial charge in [0.05, 0.1) is 17.6 Å². The Labute approximate surface area is 184 Å². The molecule has 0 bridgehead atoms. The van der Waals surface area contributed by atoms with E-state index in [9.17, 15) is 4.79 Å². The first-order valence-electron chi connectivity index (χ1n) is 11.0. The predicted molar refractivity (Wildman–Crippen MR) is 125 cm³/mol. The van der Waals surface area contributed by atoms with Gasteiger partial charge in [-0.05, 0) is 52.3 Å². The van der Waals surface area contributed by atoms with E-state index in [1.165, 1.54) is 11.1 Å². The number of benzene rings is 2. The molecule has 1 fully saturated rings. The summed E-state index contributed by atoms with van der Waals surface area (Å²) < 4.78 is 7.87. The zero-order valence-electron chi connectivity index (χ0n) is 19.1. The topological polar surface area (TPSA) is 50.6 Å². The highest BCUT2D eigenvalue weighted by Crippen LogP contribution is 2.27. The van der Waals surface area contributed by atoms with Gasteiger partial charge in [-0.25, -0.2) is 9.78 Å². The molecule has 6 nitrogen and oxygen atoms in total. The Morgan fingerprint density at radius 3 is 2.48 bits per heavy atom. The summed E-state index contributed by atoms with van der Waals surface area (Å²) in [5.74, 6) is 0.957. The highest BCUT2D eigenvalue weighted by Gasteiger charge is 2.32. The molecule has 1 aliphatic heterocycles. The van der Waals surface area contributed by atoms with E-state index in [4.69, 9.17) is 9.72 Å². The lowest BCUT2D eigenvalue weighted by molar-refractivity contribution is 0.0218. The fourth-order valence-corrected chi connectivity index (χ4v) is 4.06. The van der Waals surface area contributed by atoms with Crippen molar-refractivity contribution >= 4 is 23.1 Å². The minimum absolute atomic E-state index is 0.134. The summed E-state index contributed by atoms with van der Waals surface area (Å²) in [6.07, 6.45) is -0.243. The third kappa shape index (κ3) is 4.68. The van der Waals surface area contributed by atoms with E-state index in [1.54, 1.807) is 4.90 Å². The molecule has 2 heterocycles. The number of piperazine rings is 1. The largest absolute Gasteiger partial charge is 0.444 e. The number of carbonyl (C=O) groups is 1. The lowest BCUT2D eigenvalue weighted by Gasteiger charge is -2.40. The van der Waals surface area contributed by atoms with Crippen molar-refractivity contribution in [3.8, 4) is 0 Å². The van der Waals surface area contributed by atoms with Gasteiger partial charge >= 0.3 is 6.09 Å². The van der Waals surface area contributed by atoms with Crippen molar-refractivity contribution in [2.24, 2.45) is 0 Å². The van der Waals surface area contributed by atoms with Crippen LogP contribution in [0, 0.1) is 6.92 Å². The number of hydrogen-bond donors (Lipinski definition) is 0. The zero-order chi connectivity index (χ0) is 22.2. The molecule has 3 aromatic rings. The minimum atomic E-state index is -0.487. The highest BCUT2D eigenvalue weighted by atomic mass is 16.6. The first-order chi connectivity index (χ1) is 14.7. The highest BCUT2D eigenvalue weighted by molar-refractivity contribution is 5.79. The summed E-state index contributed by atoms with van der Waals surface area (Å²) in [5, 5.41) is 0. The number of fused-ring (bicyclic) bond motifs is 1. The molecule has 0 spiro atoms. The standard InChI is InChI=1S/C25H32N4O2/c1-18-10-12-20(13-11-18)17-29-22-9-7-6-8-21(22)26-23(29)28-15-14-27(16-19(28)2)24(30)31-25(3,4)5/h6-13,19H,14-17H2,1-5H3. The van der Waals surface area contributed by atoms with Crippen molar-refractivity contribution in [1.82, 2.24) is 14.5 Å². The number of nitrogens with zero attached hydrogens (tertiary/aromatic N) is 4. The van der Waals surface area contributed by atoms with Crippen LogP contribution in [-0.4, -0.2) is 51.8 Å². The lowest BCUT2D eigenvalue weighted by atomic mass is 10.1. The van der Waals surface area contributed by atoms with Crippen molar-refractivity contribution in [3.05, 3.63) is 59.7 Å². The zero-order valence-corrected chi connectivity index (χ0v) is 19.1. The average molecular weight is 421 g/mol. The van der Waals surface area contributed by atoms with Crippen molar-refractivity contribution in [1.29, 1.82) is 0 Å². The third-order valence-electron chi connectivity index (χ3n) is 5.63. The fraction of sp³-hybridized carbons (Fsp3) is 0.440. The average Bonchev–Trinajstić information content (AvgIpc) is 3.06. The van der Waals surface area contributed by atoms with Crippen molar-refractivity contribution in [2.75, 3.05) is 24.5 Å². The molecule has 1 aliphatic rings. The van der Waals surface area contributed by atoms with Gasteiger partial charge in [0.2, 0.25) is 5.95 Å². The minimum Gasteiger partial charge on any atom is -0.444 e. The molecule has 0 saturated carbocycles. The summed E-state index contributed by atoms with van der Waals surface area (Å²) in [4.78, 5) is 21.6. The molecule has 0 N–H and O–H groups in total. The van der Waals surface area contributed by atoms with Crippen LogP contribution in [0.25, 0.3) is 11.0 Å². The van der Waals surface area contributed by atoms with Gasteiger partial charge in [-0.3, -0.25) is 0 Å². The van der Waals surface area contributed by atoms with E-state index < -0.39 is 5.60 Å². The number of imidazole rings is 1. The normalized spacial score (nSPS) is 17.3. The number of anilines is 1. The molecule has 0 radical (unpaired) electrons. The van der Waals surface area contributed by atoms with Gasteiger partial charge in [0.25, 0.3) is 0 Å². The van der Waals surface area contributed by atoms with Crippen molar-refractivity contribution < 1.29 is 9.53 Å². The van der Waals surface area contributed by atoms with Gasteiger partial charge in [0, 0.05) is 25.7 Å². The maximum absolute atomic E-state index is 12.5. The second kappa shape index (κ2) is 8.25. The van der Waals surface area contributed by atoms with E-state index >= 15 is 0 Å². The quantitative estimate of drug-likeness (QED) is 0.608. The number of amides is 1. The first kappa shape index (κ1) is 21.2. The maximum atomic E-state index is 12.5. The van der Waals surface area contributed by atoms with Crippen LogP contribution in [0.15, 0.2) is 48.5 Å². The van der Waals surface area contributed by atoms with Crippen LogP contribution in [0.3, 0.4) is 0 Å². The van der Waals surface area contributed by atoms with E-state index in [-0.39, 0.29) is 12.1 Å². The van der Waals surface area contributed by atoms with Crippen molar-refractivity contribution in [2.45, 2.75) is 52.8 Å². The Balaban J connectivity index is 1.61. The number of ether oxygens (including phenoxy) is 1. The molecule has 4 rings (SSSR count). The molecule has 0 aliphatic carbocycles. The first-order valence-corrected chi connectivity index (χ1v) is 11.0. The molecule has 1 atom stereocenters. The number of hydrogen-bond acceptors (Lipinski definition) is 4. The lowest BCUT2D eigenvalue weighted by Crippen LogP contribution is -2.55. The Morgan fingerprint density at radius 2 is 1.81 bits per heavy atom. The molecular formula is C25H32N4O2. The Kier molecular flexibility index (Phi) is 5.65. The summed E-state index contributed by atoms with van der Waals surface area (Å²) in [6.45, 7) is 12.7. The monoisotopic (exact) mass is 420 g/mol. The molecule has 31 heavy (non-hydrogen) atoms. The smallest absolute Gasteiger partial charge is 0.410 e. The number of aromatic nitrogens is 2. The number of rotatable bonds is 3. The van der Waals surface area contributed by atoms with Crippen LogP contribution >= 0.6 is 0 Å². The summed E-state index contributed by atoms with van der Waals surface area (Å²) >= 11 is 0. The van der Waals surface area contributed by atoms with Crippen LogP contribution < -0.4 is 4.90 Å². The molecule has 1 aromatic heterocycles. The maximum Gasteiger partial charge on any atom is 0.410 e.